The van der Waals surface area contributed by atoms with E-state index in [2.05, 4.69) is 28.1 Å². The molecule has 0 radical (unpaired) electrons. The minimum absolute atomic E-state index is 0.0919. The molecule has 0 amide bonds. The quantitative estimate of drug-likeness (QED) is 0.831. The average molecular weight is 254 g/mol. The van der Waals surface area contributed by atoms with Crippen LogP contribution >= 0.6 is 15.9 Å². The Bertz CT molecular complexity index is 487. The lowest BCUT2D eigenvalue weighted by Gasteiger charge is -2.00. The minimum atomic E-state index is 0.0919. The Balaban J connectivity index is 2.87. The summed E-state index contributed by atoms with van der Waals surface area (Å²) in [6.07, 6.45) is 0. The second kappa shape index (κ2) is 3.41. The molecule has 1 N–H and O–H groups in total. The van der Waals surface area contributed by atoms with E-state index in [9.17, 15) is 5.11 Å². The highest BCUT2D eigenvalue weighted by Gasteiger charge is 2.10. The van der Waals surface area contributed by atoms with Gasteiger partial charge < -0.3 is 9.67 Å². The number of rotatable bonds is 1. The number of benzene rings is 1. The smallest absolute Gasteiger partial charge is 0.0835 e. The number of aliphatic hydroxyl groups is 1. The van der Waals surface area contributed by atoms with Gasteiger partial charge in [-0.1, -0.05) is 15.9 Å². The van der Waals surface area contributed by atoms with Gasteiger partial charge in [0, 0.05) is 28.1 Å². The van der Waals surface area contributed by atoms with Gasteiger partial charge in [0.1, 0.15) is 0 Å². The van der Waals surface area contributed by atoms with Crippen LogP contribution in [0.1, 0.15) is 11.3 Å². The normalized spacial score (nSPS) is 11.1. The maximum absolute atomic E-state index is 9.24. The van der Waals surface area contributed by atoms with Crippen molar-refractivity contribution in [3.8, 4) is 0 Å². The first-order chi connectivity index (χ1) is 6.65. The van der Waals surface area contributed by atoms with E-state index in [0.29, 0.717) is 0 Å². The molecule has 0 spiro atoms. The number of aliphatic hydroxyl groups excluding tert-OH is 1. The van der Waals surface area contributed by atoms with Gasteiger partial charge in [-0.05, 0) is 30.7 Å². The van der Waals surface area contributed by atoms with Gasteiger partial charge in [0.05, 0.1) is 6.61 Å². The Morgan fingerprint density at radius 2 is 2.14 bits per heavy atom. The van der Waals surface area contributed by atoms with Gasteiger partial charge >= 0.3 is 0 Å². The Kier molecular flexibility index (Phi) is 2.37. The zero-order valence-corrected chi connectivity index (χ0v) is 9.80. The number of hydrogen-bond donors (Lipinski definition) is 1. The summed E-state index contributed by atoms with van der Waals surface area (Å²) in [6.45, 7) is 2.13. The van der Waals surface area contributed by atoms with Crippen LogP contribution in [-0.4, -0.2) is 9.67 Å². The summed E-state index contributed by atoms with van der Waals surface area (Å²) >= 11 is 3.45. The zero-order chi connectivity index (χ0) is 10.3. The molecule has 0 fully saturated rings. The van der Waals surface area contributed by atoms with Crippen molar-refractivity contribution in [2.75, 3.05) is 0 Å². The van der Waals surface area contributed by atoms with Crippen LogP contribution in [0.5, 0.6) is 0 Å². The number of hydrogen-bond acceptors (Lipinski definition) is 1. The lowest BCUT2D eigenvalue weighted by atomic mass is 10.1. The van der Waals surface area contributed by atoms with Gasteiger partial charge in [-0.15, -0.1) is 0 Å². The van der Waals surface area contributed by atoms with Crippen molar-refractivity contribution in [1.29, 1.82) is 0 Å². The van der Waals surface area contributed by atoms with Crippen molar-refractivity contribution < 1.29 is 5.11 Å². The van der Waals surface area contributed by atoms with E-state index in [1.54, 1.807) is 0 Å². The van der Waals surface area contributed by atoms with Crippen LogP contribution in [-0.2, 0) is 13.7 Å². The van der Waals surface area contributed by atoms with E-state index in [0.717, 1.165) is 21.2 Å². The van der Waals surface area contributed by atoms with E-state index in [4.69, 9.17) is 0 Å². The largest absolute Gasteiger partial charge is 0.390 e. The van der Waals surface area contributed by atoms with Gasteiger partial charge in [-0.3, -0.25) is 0 Å². The van der Waals surface area contributed by atoms with Gasteiger partial charge in [0.2, 0.25) is 0 Å². The molecule has 0 bridgehead atoms. The van der Waals surface area contributed by atoms with Crippen LogP contribution in [0.15, 0.2) is 22.7 Å². The van der Waals surface area contributed by atoms with Gasteiger partial charge in [0.15, 0.2) is 0 Å². The third-order valence-electron chi connectivity index (χ3n) is 2.71. The van der Waals surface area contributed by atoms with E-state index in [-0.39, 0.29) is 6.61 Å². The molecule has 2 rings (SSSR count). The van der Waals surface area contributed by atoms with Crippen molar-refractivity contribution in [2.24, 2.45) is 7.05 Å². The second-order valence-electron chi connectivity index (χ2n) is 3.45. The summed E-state index contributed by atoms with van der Waals surface area (Å²) in [4.78, 5) is 0. The highest BCUT2D eigenvalue weighted by Crippen LogP contribution is 2.27. The monoisotopic (exact) mass is 253 g/mol. The molecule has 14 heavy (non-hydrogen) atoms. The SMILES string of the molecule is Cc1c(CO)n(C)c2ccc(Br)cc12. The van der Waals surface area contributed by atoms with E-state index in [1.807, 2.05) is 24.6 Å². The lowest BCUT2D eigenvalue weighted by molar-refractivity contribution is 0.272. The molecule has 1 heterocycles. The van der Waals surface area contributed by atoms with Crippen molar-refractivity contribution in [2.45, 2.75) is 13.5 Å². The summed E-state index contributed by atoms with van der Waals surface area (Å²) in [5.74, 6) is 0. The molecule has 2 nitrogen and oxygen atoms in total. The Morgan fingerprint density at radius 3 is 2.79 bits per heavy atom. The van der Waals surface area contributed by atoms with E-state index < -0.39 is 0 Å². The molecule has 0 aliphatic rings. The topological polar surface area (TPSA) is 25.2 Å². The first-order valence-electron chi connectivity index (χ1n) is 4.49. The predicted molar refractivity (Wildman–Crippen MR) is 61.3 cm³/mol. The molecular formula is C11H12BrNO. The summed E-state index contributed by atoms with van der Waals surface area (Å²) in [5.41, 5.74) is 3.30. The molecule has 0 saturated carbocycles. The lowest BCUT2D eigenvalue weighted by Crippen LogP contribution is -1.96. The van der Waals surface area contributed by atoms with Crippen molar-refractivity contribution in [3.63, 3.8) is 0 Å². The summed E-state index contributed by atoms with van der Waals surface area (Å²) < 4.78 is 3.11. The standard InChI is InChI=1S/C11H12BrNO/c1-7-9-5-8(12)3-4-10(9)13(2)11(7)6-14/h3-5,14H,6H2,1-2H3. The molecule has 1 aromatic heterocycles. The van der Waals surface area contributed by atoms with Crippen molar-refractivity contribution in [1.82, 2.24) is 4.57 Å². The summed E-state index contributed by atoms with van der Waals surface area (Å²) in [7, 11) is 1.98. The molecular weight excluding hydrogens is 242 g/mol. The fourth-order valence-corrected chi connectivity index (χ4v) is 2.24. The van der Waals surface area contributed by atoms with Crippen LogP contribution in [0, 0.1) is 6.92 Å². The molecule has 74 valence electrons. The minimum Gasteiger partial charge on any atom is -0.390 e. The zero-order valence-electron chi connectivity index (χ0n) is 8.21. The third kappa shape index (κ3) is 1.28. The number of halogens is 1. The maximum atomic E-state index is 9.24. The number of aromatic nitrogens is 1. The molecule has 0 unspecified atom stereocenters. The van der Waals surface area contributed by atoms with Crippen molar-refractivity contribution in [3.05, 3.63) is 33.9 Å². The van der Waals surface area contributed by atoms with Gasteiger partial charge in [0.25, 0.3) is 0 Å². The molecule has 0 saturated heterocycles. The number of fused-ring (bicyclic) bond motifs is 1. The predicted octanol–water partition coefficient (Wildman–Crippen LogP) is 2.74. The first kappa shape index (κ1) is 9.74. The third-order valence-corrected chi connectivity index (χ3v) is 3.20. The fourth-order valence-electron chi connectivity index (χ4n) is 1.88. The summed E-state index contributed by atoms with van der Waals surface area (Å²) in [6, 6.07) is 6.17. The highest BCUT2D eigenvalue weighted by molar-refractivity contribution is 9.10. The first-order valence-corrected chi connectivity index (χ1v) is 5.28. The Labute approximate surface area is 91.3 Å². The van der Waals surface area contributed by atoms with Crippen LogP contribution in [0.3, 0.4) is 0 Å². The maximum Gasteiger partial charge on any atom is 0.0835 e. The number of aryl methyl sites for hydroxylation is 2. The Morgan fingerprint density at radius 1 is 1.43 bits per heavy atom. The van der Waals surface area contributed by atoms with Crippen molar-refractivity contribution >= 4 is 26.8 Å². The van der Waals surface area contributed by atoms with E-state index in [1.165, 1.54) is 5.39 Å². The second-order valence-corrected chi connectivity index (χ2v) is 4.37. The average Bonchev–Trinajstić information content (AvgIpc) is 2.39. The molecule has 0 aliphatic carbocycles. The Hall–Kier alpha value is -0.800. The fraction of sp³-hybridized carbons (Fsp3) is 0.273. The molecule has 0 aliphatic heterocycles. The molecule has 3 heteroatoms. The van der Waals surface area contributed by atoms with Crippen LogP contribution < -0.4 is 0 Å². The van der Waals surface area contributed by atoms with E-state index >= 15 is 0 Å². The molecule has 0 atom stereocenters. The molecule has 2 aromatic rings. The molecule has 1 aromatic carbocycles. The van der Waals surface area contributed by atoms with Crippen LogP contribution in [0.4, 0.5) is 0 Å². The van der Waals surface area contributed by atoms with Crippen LogP contribution in [0.25, 0.3) is 10.9 Å². The summed E-state index contributed by atoms with van der Waals surface area (Å²) in [5, 5.41) is 10.4. The van der Waals surface area contributed by atoms with Gasteiger partial charge in [-0.25, -0.2) is 0 Å². The highest BCUT2D eigenvalue weighted by atomic mass is 79.9. The van der Waals surface area contributed by atoms with Crippen LogP contribution in [0.2, 0.25) is 0 Å². The van der Waals surface area contributed by atoms with Gasteiger partial charge in [-0.2, -0.15) is 0 Å². The number of nitrogens with zero attached hydrogens (tertiary/aromatic N) is 1.